The highest BCUT2D eigenvalue weighted by Gasteiger charge is 2.31. The second-order valence-electron chi connectivity index (χ2n) is 6.13. The van der Waals surface area contributed by atoms with E-state index in [1.165, 1.54) is 0 Å². The number of fused-ring (bicyclic) bond motifs is 1. The molecule has 1 saturated heterocycles. The van der Waals surface area contributed by atoms with Crippen molar-refractivity contribution in [2.45, 2.75) is 31.8 Å². The largest absolute Gasteiger partial charge is 0.348 e. The molecule has 3 heterocycles. The number of piperidine rings is 1. The standard InChI is InChI=1S/C17H19N5O2/c23-16-14-11(10-20-16)4-3-5-12(14)21-17(24)22-9-2-1-6-13(22)15-18-7-8-19-15/h3-5,7-8,13H,1-2,6,9-10H2,(H,18,19)(H,20,23)(H,21,24). The molecular formula is C17H19N5O2. The Kier molecular flexibility index (Phi) is 3.68. The van der Waals surface area contributed by atoms with Crippen LogP contribution in [-0.2, 0) is 6.54 Å². The summed E-state index contributed by atoms with van der Waals surface area (Å²) in [4.78, 5) is 34.0. The molecule has 24 heavy (non-hydrogen) atoms. The van der Waals surface area contributed by atoms with Crippen molar-refractivity contribution in [1.82, 2.24) is 20.2 Å². The zero-order valence-corrected chi connectivity index (χ0v) is 13.2. The summed E-state index contributed by atoms with van der Waals surface area (Å²) >= 11 is 0. The van der Waals surface area contributed by atoms with Crippen LogP contribution in [0, 0.1) is 0 Å². The molecule has 0 spiro atoms. The summed E-state index contributed by atoms with van der Waals surface area (Å²) in [6, 6.07) is 5.28. The van der Waals surface area contributed by atoms with Gasteiger partial charge in [0.2, 0.25) is 0 Å². The molecule has 0 saturated carbocycles. The number of nitrogens with one attached hydrogen (secondary N) is 3. The molecule has 2 aliphatic rings. The fourth-order valence-electron chi connectivity index (χ4n) is 3.49. The lowest BCUT2D eigenvalue weighted by molar-refractivity contribution is 0.0966. The average Bonchev–Trinajstić information content (AvgIpc) is 3.26. The molecule has 1 aromatic heterocycles. The number of rotatable bonds is 2. The Morgan fingerprint density at radius 1 is 1.33 bits per heavy atom. The third-order valence-corrected chi connectivity index (χ3v) is 4.66. The molecule has 1 unspecified atom stereocenters. The van der Waals surface area contributed by atoms with Crippen LogP contribution in [0.5, 0.6) is 0 Å². The van der Waals surface area contributed by atoms with Gasteiger partial charge in [0.1, 0.15) is 5.82 Å². The number of aromatic amines is 1. The number of carbonyl (C=O) groups is 2. The lowest BCUT2D eigenvalue weighted by Gasteiger charge is -2.34. The van der Waals surface area contributed by atoms with Gasteiger partial charge < -0.3 is 20.5 Å². The zero-order chi connectivity index (χ0) is 16.5. The van der Waals surface area contributed by atoms with Crippen molar-refractivity contribution in [2.75, 3.05) is 11.9 Å². The van der Waals surface area contributed by atoms with Gasteiger partial charge in [0.25, 0.3) is 5.91 Å². The highest BCUT2D eigenvalue weighted by Crippen LogP contribution is 2.30. The summed E-state index contributed by atoms with van der Waals surface area (Å²) in [6.45, 7) is 1.19. The van der Waals surface area contributed by atoms with E-state index >= 15 is 0 Å². The van der Waals surface area contributed by atoms with Gasteiger partial charge in [-0.25, -0.2) is 9.78 Å². The minimum absolute atomic E-state index is 0.0562. The summed E-state index contributed by atoms with van der Waals surface area (Å²) in [6.07, 6.45) is 6.40. The van der Waals surface area contributed by atoms with Crippen LogP contribution < -0.4 is 10.6 Å². The summed E-state index contributed by atoms with van der Waals surface area (Å²) in [7, 11) is 0. The zero-order valence-electron chi connectivity index (χ0n) is 13.2. The van der Waals surface area contributed by atoms with Crippen LogP contribution in [0.1, 0.15) is 47.1 Å². The van der Waals surface area contributed by atoms with Crippen molar-refractivity contribution >= 4 is 17.6 Å². The molecule has 124 valence electrons. The van der Waals surface area contributed by atoms with Crippen LogP contribution in [0.25, 0.3) is 0 Å². The Morgan fingerprint density at radius 2 is 2.25 bits per heavy atom. The predicted octanol–water partition coefficient (Wildman–Crippen LogP) is 2.41. The van der Waals surface area contributed by atoms with E-state index < -0.39 is 0 Å². The molecule has 1 aromatic carbocycles. The monoisotopic (exact) mass is 325 g/mol. The number of H-pyrrole nitrogens is 1. The van der Waals surface area contributed by atoms with Crippen molar-refractivity contribution in [3.63, 3.8) is 0 Å². The van der Waals surface area contributed by atoms with Gasteiger partial charge in [0.15, 0.2) is 0 Å². The van der Waals surface area contributed by atoms with Gasteiger partial charge in [-0.2, -0.15) is 0 Å². The maximum Gasteiger partial charge on any atom is 0.322 e. The number of likely N-dealkylation sites (tertiary alicyclic amines) is 1. The van der Waals surface area contributed by atoms with E-state index in [-0.39, 0.29) is 18.0 Å². The van der Waals surface area contributed by atoms with E-state index in [4.69, 9.17) is 0 Å². The fourth-order valence-corrected chi connectivity index (χ4v) is 3.49. The Hall–Kier alpha value is -2.83. The van der Waals surface area contributed by atoms with Crippen LogP contribution >= 0.6 is 0 Å². The smallest absolute Gasteiger partial charge is 0.322 e. The number of anilines is 1. The Morgan fingerprint density at radius 3 is 3.08 bits per heavy atom. The average molecular weight is 325 g/mol. The minimum atomic E-state index is -0.191. The second-order valence-corrected chi connectivity index (χ2v) is 6.13. The van der Waals surface area contributed by atoms with Gasteiger partial charge in [-0.15, -0.1) is 0 Å². The van der Waals surface area contributed by atoms with E-state index in [1.807, 2.05) is 12.1 Å². The number of nitrogens with zero attached hydrogens (tertiary/aromatic N) is 2. The van der Waals surface area contributed by atoms with E-state index in [2.05, 4.69) is 20.6 Å². The van der Waals surface area contributed by atoms with E-state index in [0.29, 0.717) is 24.3 Å². The van der Waals surface area contributed by atoms with Crippen molar-refractivity contribution in [3.05, 3.63) is 47.5 Å². The number of benzene rings is 1. The number of imidazole rings is 1. The molecule has 7 nitrogen and oxygen atoms in total. The lowest BCUT2D eigenvalue weighted by Crippen LogP contribution is -2.41. The molecule has 2 aliphatic heterocycles. The number of aromatic nitrogens is 2. The van der Waals surface area contributed by atoms with Gasteiger partial charge in [-0.05, 0) is 30.9 Å². The van der Waals surface area contributed by atoms with Gasteiger partial charge in [-0.1, -0.05) is 12.1 Å². The maximum absolute atomic E-state index is 12.8. The van der Waals surface area contributed by atoms with Crippen molar-refractivity contribution < 1.29 is 9.59 Å². The molecule has 4 rings (SSSR count). The third kappa shape index (κ3) is 2.51. The second kappa shape index (κ2) is 5.99. The number of urea groups is 1. The summed E-state index contributed by atoms with van der Waals surface area (Å²) in [5.74, 6) is 0.669. The molecule has 7 heteroatoms. The number of hydrogen-bond donors (Lipinski definition) is 3. The number of carbonyl (C=O) groups excluding carboxylic acids is 2. The maximum atomic E-state index is 12.8. The highest BCUT2D eigenvalue weighted by atomic mass is 16.2. The molecule has 0 aliphatic carbocycles. The van der Waals surface area contributed by atoms with E-state index in [0.717, 1.165) is 30.7 Å². The molecule has 3 N–H and O–H groups in total. The first-order valence-electron chi connectivity index (χ1n) is 8.21. The Labute approximate surface area is 139 Å². The van der Waals surface area contributed by atoms with E-state index in [1.54, 1.807) is 23.4 Å². The summed E-state index contributed by atoms with van der Waals surface area (Å²) < 4.78 is 0. The number of amides is 3. The van der Waals surface area contributed by atoms with Gasteiger partial charge >= 0.3 is 6.03 Å². The van der Waals surface area contributed by atoms with Crippen molar-refractivity contribution in [3.8, 4) is 0 Å². The first-order chi connectivity index (χ1) is 11.7. The fraction of sp³-hybridized carbons (Fsp3) is 0.353. The van der Waals surface area contributed by atoms with Crippen LogP contribution in [-0.4, -0.2) is 33.4 Å². The molecule has 1 atom stereocenters. The van der Waals surface area contributed by atoms with Crippen molar-refractivity contribution in [2.24, 2.45) is 0 Å². The summed E-state index contributed by atoms with van der Waals surface area (Å²) in [5.41, 5.74) is 2.05. The quantitative estimate of drug-likeness (QED) is 0.792. The van der Waals surface area contributed by atoms with Gasteiger partial charge in [-0.3, -0.25) is 4.79 Å². The molecule has 1 fully saturated rings. The Balaban J connectivity index is 1.58. The first kappa shape index (κ1) is 14.7. The molecule has 0 radical (unpaired) electrons. The third-order valence-electron chi connectivity index (χ3n) is 4.66. The predicted molar refractivity (Wildman–Crippen MR) is 88.5 cm³/mol. The van der Waals surface area contributed by atoms with Crippen molar-refractivity contribution in [1.29, 1.82) is 0 Å². The molecule has 2 aromatic rings. The number of hydrogen-bond acceptors (Lipinski definition) is 3. The van der Waals surface area contributed by atoms with Crippen LogP contribution in [0.15, 0.2) is 30.6 Å². The van der Waals surface area contributed by atoms with Crippen LogP contribution in [0.3, 0.4) is 0 Å². The molecule has 0 bridgehead atoms. The molecular weight excluding hydrogens is 306 g/mol. The van der Waals surface area contributed by atoms with Gasteiger partial charge in [0, 0.05) is 25.5 Å². The normalized spacial score (nSPS) is 19.8. The Bertz CT molecular complexity index is 771. The van der Waals surface area contributed by atoms with Gasteiger partial charge in [0.05, 0.1) is 17.3 Å². The SMILES string of the molecule is O=C1NCc2cccc(NC(=O)N3CCCCC3c3ncc[nH]3)c21. The first-order valence-corrected chi connectivity index (χ1v) is 8.21. The summed E-state index contributed by atoms with van der Waals surface area (Å²) in [5, 5.41) is 5.71. The van der Waals surface area contributed by atoms with Crippen LogP contribution in [0.4, 0.5) is 10.5 Å². The topological polar surface area (TPSA) is 90.1 Å². The lowest BCUT2D eigenvalue weighted by atomic mass is 10.0. The molecule has 3 amide bonds. The van der Waals surface area contributed by atoms with E-state index in [9.17, 15) is 9.59 Å². The van der Waals surface area contributed by atoms with Crippen LogP contribution in [0.2, 0.25) is 0 Å². The minimum Gasteiger partial charge on any atom is -0.348 e. The highest BCUT2D eigenvalue weighted by molar-refractivity contribution is 6.06.